The van der Waals surface area contributed by atoms with Crippen LogP contribution in [0, 0.1) is 11.6 Å². The van der Waals surface area contributed by atoms with Crippen LogP contribution in [0.1, 0.15) is 66.1 Å². The third-order valence-electron chi connectivity index (χ3n) is 7.10. The molecule has 0 radical (unpaired) electrons. The van der Waals surface area contributed by atoms with Crippen molar-refractivity contribution in [3.8, 4) is 11.1 Å². The number of carbonyl (C=O) groups is 2. The minimum Gasteiger partial charge on any atom is -0.481 e. The van der Waals surface area contributed by atoms with Crippen molar-refractivity contribution in [3.63, 3.8) is 0 Å². The second-order valence-electron chi connectivity index (χ2n) is 9.77. The highest BCUT2D eigenvalue weighted by atomic mass is 19.1. The first-order valence-electron chi connectivity index (χ1n) is 12.8. The standard InChI is InChI=1S/C29H28F2N4O3/c30-20-11-12-22(25(31)14-20)23-16-32-28-24(17-33-35(28)27(23)19-9-5-2-6-10-19)29(38)34-21(15-26(36)37)13-18-7-3-1-4-8-18/h1,3-4,7-8,11-12,14,16-17,19,21H,2,5-6,9-10,13,15H2,(H,34,38)(H,36,37)/t21-/m1/s1. The Morgan fingerprint density at radius 3 is 2.50 bits per heavy atom. The van der Waals surface area contributed by atoms with Gasteiger partial charge in [-0.3, -0.25) is 9.59 Å². The maximum Gasteiger partial charge on any atom is 0.305 e. The number of nitrogens with one attached hydrogen (secondary N) is 1. The Kier molecular flexibility index (Phi) is 7.44. The van der Waals surface area contributed by atoms with Crippen molar-refractivity contribution in [2.75, 3.05) is 0 Å². The van der Waals surface area contributed by atoms with Crippen LogP contribution >= 0.6 is 0 Å². The monoisotopic (exact) mass is 518 g/mol. The van der Waals surface area contributed by atoms with Gasteiger partial charge in [0.25, 0.3) is 5.91 Å². The van der Waals surface area contributed by atoms with E-state index in [1.807, 2.05) is 30.3 Å². The summed E-state index contributed by atoms with van der Waals surface area (Å²) in [4.78, 5) is 29.3. The number of rotatable bonds is 8. The molecule has 0 saturated heterocycles. The molecule has 2 heterocycles. The Morgan fingerprint density at radius 1 is 1.03 bits per heavy atom. The number of carboxylic acid groups (broad SMARTS) is 1. The van der Waals surface area contributed by atoms with Gasteiger partial charge in [-0.25, -0.2) is 18.3 Å². The molecule has 1 aliphatic carbocycles. The first-order chi connectivity index (χ1) is 18.4. The van der Waals surface area contributed by atoms with E-state index >= 15 is 0 Å². The molecule has 0 aliphatic heterocycles. The lowest BCUT2D eigenvalue weighted by atomic mass is 9.84. The van der Waals surface area contributed by atoms with Crippen LogP contribution in [0.4, 0.5) is 8.78 Å². The Balaban J connectivity index is 1.52. The van der Waals surface area contributed by atoms with Crippen molar-refractivity contribution in [2.45, 2.75) is 56.9 Å². The maximum atomic E-state index is 14.8. The molecular formula is C29H28F2N4O3. The fraction of sp³-hybridized carbons (Fsp3) is 0.310. The van der Waals surface area contributed by atoms with E-state index in [1.165, 1.54) is 24.5 Å². The molecule has 5 rings (SSSR count). The highest BCUT2D eigenvalue weighted by molar-refractivity contribution is 6.00. The van der Waals surface area contributed by atoms with Gasteiger partial charge in [0.1, 0.15) is 17.2 Å². The average Bonchev–Trinajstić information content (AvgIpc) is 3.33. The van der Waals surface area contributed by atoms with E-state index < -0.39 is 29.6 Å². The van der Waals surface area contributed by atoms with Gasteiger partial charge in [-0.15, -0.1) is 0 Å². The third kappa shape index (κ3) is 5.41. The van der Waals surface area contributed by atoms with Crippen molar-refractivity contribution in [3.05, 3.63) is 89.4 Å². The number of aromatic nitrogens is 3. The summed E-state index contributed by atoms with van der Waals surface area (Å²) in [6.07, 6.45) is 7.96. The van der Waals surface area contributed by atoms with Crippen LogP contribution in [0.3, 0.4) is 0 Å². The second kappa shape index (κ2) is 11.1. The molecule has 1 fully saturated rings. The number of carboxylic acids is 1. The fourth-order valence-corrected chi connectivity index (χ4v) is 5.34. The zero-order valence-corrected chi connectivity index (χ0v) is 20.7. The van der Waals surface area contributed by atoms with E-state index in [0.29, 0.717) is 17.6 Å². The third-order valence-corrected chi connectivity index (χ3v) is 7.10. The predicted molar refractivity (Wildman–Crippen MR) is 138 cm³/mol. The molecule has 0 unspecified atom stereocenters. The van der Waals surface area contributed by atoms with Gasteiger partial charge in [-0.1, -0.05) is 49.6 Å². The molecule has 1 amide bonds. The molecule has 38 heavy (non-hydrogen) atoms. The van der Waals surface area contributed by atoms with Gasteiger partial charge in [0.15, 0.2) is 5.65 Å². The lowest BCUT2D eigenvalue weighted by Crippen LogP contribution is -2.38. The average molecular weight is 519 g/mol. The first kappa shape index (κ1) is 25.5. The number of hydrogen-bond donors (Lipinski definition) is 2. The zero-order chi connectivity index (χ0) is 26.6. The van der Waals surface area contributed by atoms with E-state index in [0.717, 1.165) is 49.4 Å². The number of fused-ring (bicyclic) bond motifs is 1. The van der Waals surface area contributed by atoms with Crippen LogP contribution in [0.15, 0.2) is 60.9 Å². The highest BCUT2D eigenvalue weighted by Gasteiger charge is 2.27. The quantitative estimate of drug-likeness (QED) is 0.319. The SMILES string of the molecule is O=C(O)C[C@@H](Cc1ccccc1)NC(=O)c1cnn2c(C3CCCCC3)c(-c3ccc(F)cc3F)cnc12. The lowest BCUT2D eigenvalue weighted by Gasteiger charge is -2.25. The normalized spacial score (nSPS) is 14.9. The molecule has 9 heteroatoms. The summed E-state index contributed by atoms with van der Waals surface area (Å²) < 4.78 is 30.1. The van der Waals surface area contributed by atoms with Crippen LogP contribution in [0.5, 0.6) is 0 Å². The number of benzene rings is 2. The van der Waals surface area contributed by atoms with Gasteiger partial charge in [0.2, 0.25) is 0 Å². The molecule has 0 spiro atoms. The summed E-state index contributed by atoms with van der Waals surface area (Å²) in [7, 11) is 0. The largest absolute Gasteiger partial charge is 0.481 e. The van der Waals surface area contributed by atoms with Crippen LogP contribution in [-0.2, 0) is 11.2 Å². The lowest BCUT2D eigenvalue weighted by molar-refractivity contribution is -0.137. The molecule has 7 nitrogen and oxygen atoms in total. The highest BCUT2D eigenvalue weighted by Crippen LogP contribution is 2.39. The van der Waals surface area contributed by atoms with Gasteiger partial charge in [0.05, 0.1) is 18.3 Å². The van der Waals surface area contributed by atoms with Gasteiger partial charge >= 0.3 is 5.97 Å². The molecular weight excluding hydrogens is 490 g/mol. The minimum atomic E-state index is -1.02. The van der Waals surface area contributed by atoms with E-state index in [2.05, 4.69) is 15.4 Å². The Morgan fingerprint density at radius 2 is 1.79 bits per heavy atom. The molecule has 1 atom stereocenters. The van der Waals surface area contributed by atoms with Crippen molar-refractivity contribution >= 4 is 17.5 Å². The first-order valence-corrected chi connectivity index (χ1v) is 12.8. The second-order valence-corrected chi connectivity index (χ2v) is 9.77. The van der Waals surface area contributed by atoms with Gasteiger partial charge < -0.3 is 10.4 Å². The van der Waals surface area contributed by atoms with Crippen LogP contribution in [0.2, 0.25) is 0 Å². The van der Waals surface area contributed by atoms with E-state index in [9.17, 15) is 23.5 Å². The Labute approximate surface area is 218 Å². The molecule has 1 aliphatic rings. The number of halogens is 2. The molecule has 4 aromatic rings. The number of amides is 1. The predicted octanol–water partition coefficient (Wildman–Crippen LogP) is 5.54. The molecule has 2 N–H and O–H groups in total. The summed E-state index contributed by atoms with van der Waals surface area (Å²) in [6, 6.07) is 12.2. The summed E-state index contributed by atoms with van der Waals surface area (Å²) in [5.74, 6) is -2.78. The Bertz CT molecular complexity index is 1470. The van der Waals surface area contributed by atoms with Crippen molar-refractivity contribution in [1.29, 1.82) is 0 Å². The number of hydrogen-bond acceptors (Lipinski definition) is 4. The molecule has 0 bridgehead atoms. The molecule has 2 aromatic carbocycles. The summed E-state index contributed by atoms with van der Waals surface area (Å²) >= 11 is 0. The number of nitrogens with zero attached hydrogens (tertiary/aromatic N) is 3. The summed E-state index contributed by atoms with van der Waals surface area (Å²) in [5.41, 5.74) is 2.91. The van der Waals surface area contributed by atoms with E-state index in [-0.39, 0.29) is 23.5 Å². The van der Waals surface area contributed by atoms with Crippen LogP contribution in [0.25, 0.3) is 16.8 Å². The molecule has 2 aromatic heterocycles. The fourth-order valence-electron chi connectivity index (χ4n) is 5.34. The summed E-state index contributed by atoms with van der Waals surface area (Å²) in [6.45, 7) is 0. The maximum absolute atomic E-state index is 14.8. The number of aliphatic carboxylic acids is 1. The zero-order valence-electron chi connectivity index (χ0n) is 20.7. The van der Waals surface area contributed by atoms with Gasteiger partial charge in [-0.2, -0.15) is 5.10 Å². The van der Waals surface area contributed by atoms with Gasteiger partial charge in [0, 0.05) is 35.3 Å². The minimum absolute atomic E-state index is 0.0716. The van der Waals surface area contributed by atoms with E-state index in [1.54, 1.807) is 4.52 Å². The molecule has 1 saturated carbocycles. The van der Waals surface area contributed by atoms with Crippen molar-refractivity contribution in [2.24, 2.45) is 0 Å². The van der Waals surface area contributed by atoms with Crippen LogP contribution < -0.4 is 5.32 Å². The number of carbonyl (C=O) groups excluding carboxylic acids is 1. The summed E-state index contributed by atoms with van der Waals surface area (Å²) in [5, 5.41) is 16.7. The Hall–Kier alpha value is -4.14. The molecule has 196 valence electrons. The smallest absolute Gasteiger partial charge is 0.305 e. The van der Waals surface area contributed by atoms with Crippen molar-refractivity contribution in [1.82, 2.24) is 19.9 Å². The topological polar surface area (TPSA) is 96.6 Å². The van der Waals surface area contributed by atoms with Crippen LogP contribution in [-0.4, -0.2) is 37.6 Å². The van der Waals surface area contributed by atoms with E-state index in [4.69, 9.17) is 0 Å². The van der Waals surface area contributed by atoms with Gasteiger partial charge in [-0.05, 0) is 37.0 Å². The van der Waals surface area contributed by atoms with Crippen molar-refractivity contribution < 1.29 is 23.5 Å².